The molecule has 1 fully saturated rings. The molecular formula is C11H23N. The van der Waals surface area contributed by atoms with Crippen LogP contribution >= 0.6 is 0 Å². The fourth-order valence-electron chi connectivity index (χ4n) is 2.82. The molecule has 2 unspecified atom stereocenters. The third-order valence-electron chi connectivity index (χ3n) is 4.08. The van der Waals surface area contributed by atoms with Crippen LogP contribution in [0.2, 0.25) is 0 Å². The molecule has 1 nitrogen and oxygen atoms in total. The van der Waals surface area contributed by atoms with Gasteiger partial charge in [0.05, 0.1) is 0 Å². The van der Waals surface area contributed by atoms with E-state index in [1.807, 2.05) is 0 Å². The first kappa shape index (κ1) is 10.0. The maximum absolute atomic E-state index is 3.57. The molecule has 0 aliphatic heterocycles. The Labute approximate surface area is 76.9 Å². The highest BCUT2D eigenvalue weighted by Gasteiger charge is 2.47. The summed E-state index contributed by atoms with van der Waals surface area (Å²) in [7, 11) is 2.13. The summed E-state index contributed by atoms with van der Waals surface area (Å²) >= 11 is 0. The molecule has 0 bridgehead atoms. The van der Waals surface area contributed by atoms with Gasteiger partial charge in [-0.3, -0.25) is 0 Å². The van der Waals surface area contributed by atoms with Crippen molar-refractivity contribution in [3.8, 4) is 0 Å². The van der Waals surface area contributed by atoms with Crippen LogP contribution < -0.4 is 5.32 Å². The van der Waals surface area contributed by atoms with Gasteiger partial charge in [0.25, 0.3) is 0 Å². The van der Waals surface area contributed by atoms with Crippen LogP contribution in [0.1, 0.15) is 46.5 Å². The molecule has 0 aromatic heterocycles. The molecule has 0 saturated heterocycles. The Morgan fingerprint density at radius 3 is 2.42 bits per heavy atom. The quantitative estimate of drug-likeness (QED) is 0.682. The molecule has 0 radical (unpaired) electrons. The Balaban J connectivity index is 2.63. The molecule has 72 valence electrons. The normalized spacial score (nSPS) is 37.5. The highest BCUT2D eigenvalue weighted by atomic mass is 15.0. The maximum Gasteiger partial charge on any atom is 0.0232 e. The van der Waals surface area contributed by atoms with Crippen molar-refractivity contribution in [1.29, 1.82) is 0 Å². The van der Waals surface area contributed by atoms with E-state index >= 15 is 0 Å². The molecule has 12 heavy (non-hydrogen) atoms. The Morgan fingerprint density at radius 1 is 1.50 bits per heavy atom. The molecule has 0 aromatic rings. The van der Waals surface area contributed by atoms with Crippen molar-refractivity contribution in [2.75, 3.05) is 7.05 Å². The minimum Gasteiger partial charge on any atom is -0.314 e. The van der Waals surface area contributed by atoms with Gasteiger partial charge < -0.3 is 5.32 Å². The first-order valence-corrected chi connectivity index (χ1v) is 5.40. The van der Waals surface area contributed by atoms with Crippen LogP contribution in [0.3, 0.4) is 0 Å². The summed E-state index contributed by atoms with van der Waals surface area (Å²) in [5, 5.41) is 3.57. The van der Waals surface area contributed by atoms with E-state index in [0.29, 0.717) is 5.54 Å². The highest BCUT2D eigenvalue weighted by Crippen LogP contribution is 2.46. The first-order valence-electron chi connectivity index (χ1n) is 5.40. The third kappa shape index (κ3) is 1.28. The van der Waals surface area contributed by atoms with E-state index < -0.39 is 0 Å². The molecule has 1 rings (SSSR count). The van der Waals surface area contributed by atoms with Crippen molar-refractivity contribution >= 4 is 0 Å². The van der Waals surface area contributed by atoms with Gasteiger partial charge in [-0.25, -0.2) is 0 Å². The average Bonchev–Trinajstić information content (AvgIpc) is 2.05. The summed E-state index contributed by atoms with van der Waals surface area (Å²) in [5.74, 6) is 1.76. The van der Waals surface area contributed by atoms with Gasteiger partial charge in [0.15, 0.2) is 0 Å². The van der Waals surface area contributed by atoms with Crippen LogP contribution in [0.25, 0.3) is 0 Å². The SMILES string of the molecule is CCC(C)C1(NC)CC[C@H]1CC. The van der Waals surface area contributed by atoms with E-state index in [-0.39, 0.29) is 0 Å². The molecule has 1 saturated carbocycles. The van der Waals surface area contributed by atoms with Crippen LogP contribution in [-0.4, -0.2) is 12.6 Å². The topological polar surface area (TPSA) is 12.0 Å². The molecular weight excluding hydrogens is 146 g/mol. The number of rotatable bonds is 4. The predicted molar refractivity (Wildman–Crippen MR) is 54.3 cm³/mol. The zero-order valence-electron chi connectivity index (χ0n) is 8.98. The van der Waals surface area contributed by atoms with Gasteiger partial charge in [0.2, 0.25) is 0 Å². The van der Waals surface area contributed by atoms with Gasteiger partial charge in [-0.2, -0.15) is 0 Å². The lowest BCUT2D eigenvalue weighted by Gasteiger charge is -2.53. The van der Waals surface area contributed by atoms with Crippen LogP contribution in [0.5, 0.6) is 0 Å². The lowest BCUT2D eigenvalue weighted by atomic mass is 9.59. The molecule has 1 aliphatic carbocycles. The van der Waals surface area contributed by atoms with E-state index in [1.165, 1.54) is 25.7 Å². The van der Waals surface area contributed by atoms with Gasteiger partial charge in [-0.05, 0) is 31.7 Å². The Morgan fingerprint density at radius 2 is 2.17 bits per heavy atom. The zero-order chi connectivity index (χ0) is 9.19. The largest absolute Gasteiger partial charge is 0.314 e. The van der Waals surface area contributed by atoms with Crippen LogP contribution in [0.15, 0.2) is 0 Å². The van der Waals surface area contributed by atoms with Gasteiger partial charge >= 0.3 is 0 Å². The van der Waals surface area contributed by atoms with Crippen LogP contribution in [0.4, 0.5) is 0 Å². The van der Waals surface area contributed by atoms with E-state index in [1.54, 1.807) is 0 Å². The molecule has 1 N–H and O–H groups in total. The van der Waals surface area contributed by atoms with Crippen LogP contribution in [0, 0.1) is 11.8 Å². The molecule has 3 atom stereocenters. The Bertz CT molecular complexity index is 129. The second-order valence-corrected chi connectivity index (χ2v) is 4.24. The van der Waals surface area contributed by atoms with Crippen molar-refractivity contribution in [2.45, 2.75) is 52.0 Å². The minimum atomic E-state index is 0.490. The lowest BCUT2D eigenvalue weighted by molar-refractivity contribution is 0.0313. The summed E-state index contributed by atoms with van der Waals surface area (Å²) in [6.07, 6.45) is 5.46. The molecule has 0 heterocycles. The summed E-state index contributed by atoms with van der Waals surface area (Å²) in [6, 6.07) is 0. The molecule has 1 heteroatoms. The standard InChI is InChI=1S/C11H23N/c1-5-9(3)11(12-4)8-7-10(11)6-2/h9-10,12H,5-8H2,1-4H3/t9?,10-,11?/m1/s1. The predicted octanol–water partition coefficient (Wildman–Crippen LogP) is 2.81. The van der Waals surface area contributed by atoms with E-state index in [9.17, 15) is 0 Å². The Hall–Kier alpha value is -0.0400. The van der Waals surface area contributed by atoms with Gasteiger partial charge in [0.1, 0.15) is 0 Å². The van der Waals surface area contributed by atoms with E-state index in [0.717, 1.165) is 11.8 Å². The number of hydrogen-bond acceptors (Lipinski definition) is 1. The summed E-state index contributed by atoms with van der Waals surface area (Å²) < 4.78 is 0. The molecule has 0 amide bonds. The molecule has 1 aliphatic rings. The summed E-state index contributed by atoms with van der Waals surface area (Å²) in [5.41, 5.74) is 0.490. The van der Waals surface area contributed by atoms with Gasteiger partial charge in [-0.15, -0.1) is 0 Å². The monoisotopic (exact) mass is 169 g/mol. The zero-order valence-corrected chi connectivity index (χ0v) is 8.98. The van der Waals surface area contributed by atoms with Crippen molar-refractivity contribution in [1.82, 2.24) is 5.32 Å². The average molecular weight is 169 g/mol. The number of nitrogens with one attached hydrogen (secondary N) is 1. The summed E-state index contributed by atoms with van der Waals surface area (Å²) in [4.78, 5) is 0. The molecule has 0 aromatic carbocycles. The van der Waals surface area contributed by atoms with Crippen molar-refractivity contribution in [3.05, 3.63) is 0 Å². The molecule has 0 spiro atoms. The second kappa shape index (κ2) is 3.78. The van der Waals surface area contributed by atoms with Crippen molar-refractivity contribution < 1.29 is 0 Å². The van der Waals surface area contributed by atoms with E-state index in [2.05, 4.69) is 33.1 Å². The van der Waals surface area contributed by atoms with E-state index in [4.69, 9.17) is 0 Å². The smallest absolute Gasteiger partial charge is 0.0232 e. The van der Waals surface area contributed by atoms with Gasteiger partial charge in [0, 0.05) is 5.54 Å². The second-order valence-electron chi connectivity index (χ2n) is 4.24. The lowest BCUT2D eigenvalue weighted by Crippen LogP contribution is -2.60. The van der Waals surface area contributed by atoms with Gasteiger partial charge in [-0.1, -0.05) is 33.6 Å². The van der Waals surface area contributed by atoms with Crippen molar-refractivity contribution in [3.63, 3.8) is 0 Å². The van der Waals surface area contributed by atoms with Crippen LogP contribution in [-0.2, 0) is 0 Å². The maximum atomic E-state index is 3.57. The third-order valence-corrected chi connectivity index (χ3v) is 4.08. The highest BCUT2D eigenvalue weighted by molar-refractivity contribution is 5.04. The fourth-order valence-corrected chi connectivity index (χ4v) is 2.82. The summed E-state index contributed by atoms with van der Waals surface area (Å²) in [6.45, 7) is 7.01. The first-order chi connectivity index (χ1) is 5.71. The number of hydrogen-bond donors (Lipinski definition) is 1. The minimum absolute atomic E-state index is 0.490. The fraction of sp³-hybridized carbons (Fsp3) is 1.00. The van der Waals surface area contributed by atoms with Crippen molar-refractivity contribution in [2.24, 2.45) is 11.8 Å². The Kier molecular flexibility index (Phi) is 3.16.